The Balaban J connectivity index is 1.81. The number of aromatic amines is 1. The number of fused-ring (bicyclic) bond motifs is 1. The summed E-state index contributed by atoms with van der Waals surface area (Å²) < 4.78 is 5.64. The number of aromatic nitrogens is 3. The molecule has 1 aromatic heterocycles. The van der Waals surface area contributed by atoms with Crippen molar-refractivity contribution in [2.45, 2.75) is 6.61 Å². The van der Waals surface area contributed by atoms with Gasteiger partial charge in [0.05, 0.1) is 6.20 Å². The van der Waals surface area contributed by atoms with E-state index in [1.165, 1.54) is 10.8 Å². The van der Waals surface area contributed by atoms with Crippen LogP contribution >= 0.6 is 0 Å². The molecule has 1 heterocycles. The predicted molar refractivity (Wildman–Crippen MR) is 64.7 cm³/mol. The average Bonchev–Trinajstić information content (AvgIpc) is 2.89. The van der Waals surface area contributed by atoms with Crippen LogP contribution in [0, 0.1) is 0 Å². The van der Waals surface area contributed by atoms with Crippen molar-refractivity contribution >= 4 is 10.8 Å². The molecule has 2 aromatic carbocycles. The summed E-state index contributed by atoms with van der Waals surface area (Å²) in [5.41, 5.74) is 0.790. The zero-order valence-electron chi connectivity index (χ0n) is 9.13. The van der Waals surface area contributed by atoms with E-state index in [1.54, 1.807) is 6.20 Å². The highest BCUT2D eigenvalue weighted by molar-refractivity contribution is 5.83. The third-order valence-corrected chi connectivity index (χ3v) is 2.57. The zero-order chi connectivity index (χ0) is 11.5. The molecule has 0 radical (unpaired) electrons. The first-order valence-electron chi connectivity index (χ1n) is 5.38. The first-order valence-corrected chi connectivity index (χ1v) is 5.38. The molecule has 4 nitrogen and oxygen atoms in total. The molecule has 0 aliphatic rings. The third kappa shape index (κ3) is 2.10. The number of benzene rings is 2. The van der Waals surface area contributed by atoms with Gasteiger partial charge in [0.15, 0.2) is 0 Å². The van der Waals surface area contributed by atoms with E-state index in [-0.39, 0.29) is 0 Å². The van der Waals surface area contributed by atoms with Gasteiger partial charge < -0.3 is 4.74 Å². The Kier molecular flexibility index (Phi) is 2.46. The van der Waals surface area contributed by atoms with Gasteiger partial charge in [0.25, 0.3) is 0 Å². The first kappa shape index (κ1) is 9.84. The standard InChI is InChI=1S/C13H11N3O/c1-2-4-11-7-13(6-5-10(11)3-1)17-9-12-8-14-16-15-12/h1-8H,9H2,(H,14,15,16). The SMILES string of the molecule is c1ccc2cc(OCc3cn[nH]n3)ccc2c1. The van der Waals surface area contributed by atoms with Crippen LogP contribution in [0.25, 0.3) is 10.8 Å². The summed E-state index contributed by atoms with van der Waals surface area (Å²) in [6.45, 7) is 0.425. The van der Waals surface area contributed by atoms with Crippen LogP contribution in [0.4, 0.5) is 0 Å². The van der Waals surface area contributed by atoms with Crippen molar-refractivity contribution < 1.29 is 4.74 Å². The average molecular weight is 225 g/mol. The number of nitrogens with zero attached hydrogens (tertiary/aromatic N) is 2. The molecule has 0 spiro atoms. The van der Waals surface area contributed by atoms with Gasteiger partial charge in [-0.05, 0) is 22.9 Å². The fourth-order valence-electron chi connectivity index (χ4n) is 1.71. The molecular weight excluding hydrogens is 214 g/mol. The molecule has 3 rings (SSSR count). The van der Waals surface area contributed by atoms with Crippen LogP contribution in [-0.4, -0.2) is 15.4 Å². The normalized spacial score (nSPS) is 10.6. The van der Waals surface area contributed by atoms with Gasteiger partial charge >= 0.3 is 0 Å². The largest absolute Gasteiger partial charge is 0.487 e. The van der Waals surface area contributed by atoms with Gasteiger partial charge in [-0.25, -0.2) is 0 Å². The lowest BCUT2D eigenvalue weighted by Crippen LogP contribution is -1.95. The lowest BCUT2D eigenvalue weighted by molar-refractivity contribution is 0.301. The molecule has 0 aliphatic heterocycles. The summed E-state index contributed by atoms with van der Waals surface area (Å²) >= 11 is 0. The lowest BCUT2D eigenvalue weighted by Gasteiger charge is -2.05. The molecule has 4 heteroatoms. The molecule has 0 aliphatic carbocycles. The molecule has 0 fully saturated rings. The molecule has 3 aromatic rings. The Morgan fingerprint density at radius 2 is 1.94 bits per heavy atom. The maximum absolute atomic E-state index is 5.64. The maximum atomic E-state index is 5.64. The molecular formula is C13H11N3O. The van der Waals surface area contributed by atoms with Gasteiger partial charge in [0, 0.05) is 0 Å². The monoisotopic (exact) mass is 225 g/mol. The molecule has 0 saturated carbocycles. The smallest absolute Gasteiger partial charge is 0.134 e. The second-order valence-electron chi connectivity index (χ2n) is 3.76. The van der Waals surface area contributed by atoms with Gasteiger partial charge in [-0.15, -0.1) is 0 Å². The Morgan fingerprint density at radius 1 is 1.06 bits per heavy atom. The molecule has 0 saturated heterocycles. The summed E-state index contributed by atoms with van der Waals surface area (Å²) in [7, 11) is 0. The van der Waals surface area contributed by atoms with Crippen LogP contribution in [0.2, 0.25) is 0 Å². The van der Waals surface area contributed by atoms with Crippen LogP contribution in [0.5, 0.6) is 5.75 Å². The first-order chi connectivity index (χ1) is 8.42. The topological polar surface area (TPSA) is 50.8 Å². The fraction of sp³-hybridized carbons (Fsp3) is 0.0769. The van der Waals surface area contributed by atoms with E-state index in [1.807, 2.05) is 30.3 Å². The van der Waals surface area contributed by atoms with Crippen LogP contribution in [0.3, 0.4) is 0 Å². The maximum Gasteiger partial charge on any atom is 0.134 e. The summed E-state index contributed by atoms with van der Waals surface area (Å²) in [4.78, 5) is 0. The van der Waals surface area contributed by atoms with E-state index in [0.717, 1.165) is 11.4 Å². The van der Waals surface area contributed by atoms with E-state index < -0.39 is 0 Å². The number of hydrogen-bond acceptors (Lipinski definition) is 3. The van der Waals surface area contributed by atoms with Gasteiger partial charge in [0.2, 0.25) is 0 Å². The molecule has 17 heavy (non-hydrogen) atoms. The van der Waals surface area contributed by atoms with Gasteiger partial charge in [-0.3, -0.25) is 0 Å². The Hall–Kier alpha value is -2.36. The Bertz CT molecular complexity index is 619. The molecule has 1 N–H and O–H groups in total. The summed E-state index contributed by atoms with van der Waals surface area (Å²) in [5, 5.41) is 12.6. The number of hydrogen-bond donors (Lipinski definition) is 1. The van der Waals surface area contributed by atoms with Crippen molar-refractivity contribution in [3.05, 3.63) is 54.4 Å². The highest BCUT2D eigenvalue weighted by Crippen LogP contribution is 2.20. The number of H-pyrrole nitrogens is 1. The third-order valence-electron chi connectivity index (χ3n) is 2.57. The summed E-state index contributed by atoms with van der Waals surface area (Å²) in [5.74, 6) is 0.840. The van der Waals surface area contributed by atoms with Crippen LogP contribution in [-0.2, 0) is 6.61 Å². The van der Waals surface area contributed by atoms with Crippen molar-refractivity contribution in [2.75, 3.05) is 0 Å². The zero-order valence-corrected chi connectivity index (χ0v) is 9.13. The highest BCUT2D eigenvalue weighted by atomic mass is 16.5. The minimum Gasteiger partial charge on any atom is -0.487 e. The van der Waals surface area contributed by atoms with E-state index >= 15 is 0 Å². The number of ether oxygens (including phenoxy) is 1. The van der Waals surface area contributed by atoms with Crippen LogP contribution in [0.1, 0.15) is 5.69 Å². The van der Waals surface area contributed by atoms with E-state index in [0.29, 0.717) is 6.61 Å². The van der Waals surface area contributed by atoms with Crippen molar-refractivity contribution in [3.8, 4) is 5.75 Å². The van der Waals surface area contributed by atoms with Gasteiger partial charge in [-0.2, -0.15) is 15.4 Å². The fourth-order valence-corrected chi connectivity index (χ4v) is 1.71. The lowest BCUT2D eigenvalue weighted by atomic mass is 10.1. The molecule has 0 bridgehead atoms. The van der Waals surface area contributed by atoms with Crippen LogP contribution < -0.4 is 4.74 Å². The van der Waals surface area contributed by atoms with Crippen molar-refractivity contribution in [1.29, 1.82) is 0 Å². The van der Waals surface area contributed by atoms with E-state index in [2.05, 4.69) is 27.5 Å². The quantitative estimate of drug-likeness (QED) is 0.745. The highest BCUT2D eigenvalue weighted by Gasteiger charge is 1.99. The Labute approximate surface area is 98.2 Å². The summed E-state index contributed by atoms with van der Waals surface area (Å²) in [6.07, 6.45) is 1.65. The van der Waals surface area contributed by atoms with Crippen molar-refractivity contribution in [2.24, 2.45) is 0 Å². The Morgan fingerprint density at radius 3 is 2.76 bits per heavy atom. The second-order valence-corrected chi connectivity index (χ2v) is 3.76. The van der Waals surface area contributed by atoms with Crippen molar-refractivity contribution in [3.63, 3.8) is 0 Å². The van der Waals surface area contributed by atoms with E-state index in [4.69, 9.17) is 4.74 Å². The van der Waals surface area contributed by atoms with Crippen LogP contribution in [0.15, 0.2) is 48.7 Å². The van der Waals surface area contributed by atoms with Crippen molar-refractivity contribution in [1.82, 2.24) is 15.4 Å². The number of nitrogens with one attached hydrogen (secondary N) is 1. The molecule has 0 unspecified atom stereocenters. The molecule has 84 valence electrons. The van der Waals surface area contributed by atoms with E-state index in [9.17, 15) is 0 Å². The molecule has 0 atom stereocenters. The summed E-state index contributed by atoms with van der Waals surface area (Å²) in [6, 6.07) is 14.2. The second kappa shape index (κ2) is 4.25. The minimum absolute atomic E-state index is 0.425. The van der Waals surface area contributed by atoms with Gasteiger partial charge in [0.1, 0.15) is 18.1 Å². The predicted octanol–water partition coefficient (Wildman–Crippen LogP) is 2.54. The van der Waals surface area contributed by atoms with Gasteiger partial charge in [-0.1, -0.05) is 30.3 Å². The number of rotatable bonds is 3. The minimum atomic E-state index is 0.425. The molecule has 0 amide bonds.